The van der Waals surface area contributed by atoms with E-state index in [1.807, 2.05) is 12.4 Å². The standard InChI is InChI=1S/C32H22N4/c1-3-12-28-25(10-1)33-17-19-35(28)27-16-15-22-21-7-6-14-30(32(21)24-9-5-8-23(27)31(22)24)36-20-18-34-26-11-2-4-13-29(26)36/h1-18H,19-20H2. The van der Waals surface area contributed by atoms with Gasteiger partial charge in [0.25, 0.3) is 0 Å². The minimum Gasteiger partial charge on any atom is -0.334 e. The molecule has 0 fully saturated rings. The molecule has 4 heteroatoms. The summed E-state index contributed by atoms with van der Waals surface area (Å²) in [5, 5.41) is 2.61. The molecular formula is C32H22N4. The van der Waals surface area contributed by atoms with Gasteiger partial charge in [0.1, 0.15) is 0 Å². The second kappa shape index (κ2) is 7.40. The normalized spacial score (nSPS) is 14.7. The molecule has 4 nitrogen and oxygen atoms in total. The van der Waals surface area contributed by atoms with E-state index in [-0.39, 0.29) is 0 Å². The summed E-state index contributed by atoms with van der Waals surface area (Å²) < 4.78 is 0. The Morgan fingerprint density at radius 3 is 1.83 bits per heavy atom. The quantitative estimate of drug-likeness (QED) is 0.260. The van der Waals surface area contributed by atoms with Crippen LogP contribution in [0, 0.1) is 0 Å². The van der Waals surface area contributed by atoms with Crippen LogP contribution in [0.3, 0.4) is 0 Å². The number of para-hydroxylation sites is 4. The summed E-state index contributed by atoms with van der Waals surface area (Å²) in [6.45, 7) is 1.52. The van der Waals surface area contributed by atoms with E-state index in [1.54, 1.807) is 0 Å². The van der Waals surface area contributed by atoms with Gasteiger partial charge in [-0.25, -0.2) is 0 Å². The first-order valence-corrected chi connectivity index (χ1v) is 12.4. The van der Waals surface area contributed by atoms with Gasteiger partial charge in [-0.3, -0.25) is 9.98 Å². The molecule has 3 aliphatic rings. The molecule has 2 heterocycles. The first kappa shape index (κ1) is 19.6. The average molecular weight is 463 g/mol. The van der Waals surface area contributed by atoms with E-state index in [9.17, 15) is 0 Å². The first-order chi connectivity index (χ1) is 17.9. The molecule has 8 rings (SSSR count). The SMILES string of the molecule is C1=Nc2ccccc2N(c2cccc3c2-c2cccc4c(N5CC=Nc6ccccc65)ccc-3c24)C1. The van der Waals surface area contributed by atoms with Crippen LogP contribution in [0.4, 0.5) is 34.1 Å². The summed E-state index contributed by atoms with van der Waals surface area (Å²) in [5.41, 5.74) is 12.0. The van der Waals surface area contributed by atoms with Crippen LogP contribution in [-0.4, -0.2) is 25.5 Å². The molecule has 0 bridgehead atoms. The fraction of sp³-hybridized carbons (Fsp3) is 0.0625. The molecule has 0 N–H and O–H groups in total. The summed E-state index contributed by atoms with van der Waals surface area (Å²) >= 11 is 0. The zero-order valence-corrected chi connectivity index (χ0v) is 19.6. The van der Waals surface area contributed by atoms with Gasteiger partial charge in [0.05, 0.1) is 41.5 Å². The van der Waals surface area contributed by atoms with Crippen molar-refractivity contribution in [1.82, 2.24) is 0 Å². The smallest absolute Gasteiger partial charge is 0.0863 e. The average Bonchev–Trinajstić information content (AvgIpc) is 3.28. The van der Waals surface area contributed by atoms with Crippen LogP contribution in [0.5, 0.6) is 0 Å². The topological polar surface area (TPSA) is 31.2 Å². The highest BCUT2D eigenvalue weighted by atomic mass is 15.2. The Bertz CT molecular complexity index is 1760. The summed E-state index contributed by atoms with van der Waals surface area (Å²) in [6.07, 6.45) is 4.02. The lowest BCUT2D eigenvalue weighted by Gasteiger charge is -2.29. The summed E-state index contributed by atoms with van der Waals surface area (Å²) in [5.74, 6) is 0. The van der Waals surface area contributed by atoms with Crippen molar-refractivity contribution in [2.24, 2.45) is 9.98 Å². The van der Waals surface area contributed by atoms with E-state index >= 15 is 0 Å². The molecule has 170 valence electrons. The van der Waals surface area contributed by atoms with Crippen molar-refractivity contribution >= 4 is 57.3 Å². The molecule has 0 saturated heterocycles. The number of nitrogens with zero attached hydrogens (tertiary/aromatic N) is 4. The summed E-state index contributed by atoms with van der Waals surface area (Å²) in [7, 11) is 0. The van der Waals surface area contributed by atoms with Crippen LogP contribution in [-0.2, 0) is 0 Å². The zero-order valence-electron chi connectivity index (χ0n) is 19.6. The molecule has 0 unspecified atom stereocenters. The van der Waals surface area contributed by atoms with Gasteiger partial charge in [0, 0.05) is 29.1 Å². The number of hydrogen-bond acceptors (Lipinski definition) is 4. The Hall–Kier alpha value is -4.70. The maximum atomic E-state index is 4.64. The lowest BCUT2D eigenvalue weighted by molar-refractivity contribution is 1.12. The molecule has 0 spiro atoms. The van der Waals surface area contributed by atoms with Gasteiger partial charge in [0.15, 0.2) is 0 Å². The van der Waals surface area contributed by atoms with Crippen molar-refractivity contribution in [3.8, 4) is 22.3 Å². The monoisotopic (exact) mass is 462 g/mol. The lowest BCUT2D eigenvalue weighted by atomic mass is 10.00. The molecule has 1 aliphatic carbocycles. The highest BCUT2D eigenvalue weighted by Crippen LogP contribution is 2.54. The Balaban J connectivity index is 1.34. The van der Waals surface area contributed by atoms with Gasteiger partial charge in [-0.1, -0.05) is 60.7 Å². The fourth-order valence-electron chi connectivity index (χ4n) is 6.03. The number of fused-ring (bicyclic) bond motifs is 5. The minimum absolute atomic E-state index is 0.759. The van der Waals surface area contributed by atoms with E-state index in [1.165, 1.54) is 44.4 Å². The third kappa shape index (κ3) is 2.64. The second-order valence-corrected chi connectivity index (χ2v) is 9.38. The van der Waals surface area contributed by atoms with Crippen LogP contribution in [0.1, 0.15) is 0 Å². The minimum atomic E-state index is 0.759. The van der Waals surface area contributed by atoms with Gasteiger partial charge < -0.3 is 9.80 Å². The molecular weight excluding hydrogens is 440 g/mol. The summed E-state index contributed by atoms with van der Waals surface area (Å²) in [6, 6.07) is 34.8. The van der Waals surface area contributed by atoms with Gasteiger partial charge >= 0.3 is 0 Å². The highest BCUT2D eigenvalue weighted by molar-refractivity contribution is 6.21. The third-order valence-electron chi connectivity index (χ3n) is 7.54. The molecule has 0 amide bonds. The van der Waals surface area contributed by atoms with Gasteiger partial charge in [-0.15, -0.1) is 0 Å². The largest absolute Gasteiger partial charge is 0.334 e. The molecule has 2 aliphatic heterocycles. The van der Waals surface area contributed by atoms with Crippen molar-refractivity contribution in [3.63, 3.8) is 0 Å². The van der Waals surface area contributed by atoms with E-state index in [0.29, 0.717) is 0 Å². The van der Waals surface area contributed by atoms with Crippen LogP contribution in [0.15, 0.2) is 107 Å². The molecule has 0 saturated carbocycles. The Morgan fingerprint density at radius 1 is 0.472 bits per heavy atom. The maximum absolute atomic E-state index is 4.64. The maximum Gasteiger partial charge on any atom is 0.0863 e. The fourth-order valence-corrected chi connectivity index (χ4v) is 6.03. The predicted octanol–water partition coefficient (Wildman–Crippen LogP) is 8.20. The Morgan fingerprint density at radius 2 is 1.08 bits per heavy atom. The van der Waals surface area contributed by atoms with Crippen LogP contribution in [0.2, 0.25) is 0 Å². The number of anilines is 4. The van der Waals surface area contributed by atoms with E-state index in [4.69, 9.17) is 0 Å². The van der Waals surface area contributed by atoms with E-state index in [2.05, 4.69) is 117 Å². The molecule has 0 aromatic heterocycles. The van der Waals surface area contributed by atoms with Crippen LogP contribution in [0.25, 0.3) is 33.0 Å². The Labute approximate surface area is 209 Å². The molecule has 0 radical (unpaired) electrons. The summed E-state index contributed by atoms with van der Waals surface area (Å²) in [4.78, 5) is 14.0. The van der Waals surface area contributed by atoms with Crippen LogP contribution >= 0.6 is 0 Å². The predicted molar refractivity (Wildman–Crippen MR) is 152 cm³/mol. The number of benzene rings is 5. The van der Waals surface area contributed by atoms with E-state index in [0.717, 1.165) is 35.8 Å². The first-order valence-electron chi connectivity index (χ1n) is 12.4. The molecule has 5 aromatic rings. The molecule has 36 heavy (non-hydrogen) atoms. The second-order valence-electron chi connectivity index (χ2n) is 9.38. The number of aliphatic imine (C=N–C) groups is 2. The van der Waals surface area contributed by atoms with Crippen molar-refractivity contribution in [1.29, 1.82) is 0 Å². The molecule has 5 aromatic carbocycles. The zero-order chi connectivity index (χ0) is 23.6. The van der Waals surface area contributed by atoms with Crippen molar-refractivity contribution in [2.75, 3.05) is 22.9 Å². The highest BCUT2D eigenvalue weighted by Gasteiger charge is 2.29. The van der Waals surface area contributed by atoms with Gasteiger partial charge in [-0.05, 0) is 58.5 Å². The van der Waals surface area contributed by atoms with Crippen LogP contribution < -0.4 is 9.80 Å². The van der Waals surface area contributed by atoms with Crippen molar-refractivity contribution in [3.05, 3.63) is 97.1 Å². The number of hydrogen-bond donors (Lipinski definition) is 0. The third-order valence-corrected chi connectivity index (χ3v) is 7.54. The Kier molecular flexibility index (Phi) is 4.03. The van der Waals surface area contributed by atoms with Crippen molar-refractivity contribution in [2.45, 2.75) is 0 Å². The number of rotatable bonds is 2. The molecule has 0 atom stereocenters. The van der Waals surface area contributed by atoms with Crippen molar-refractivity contribution < 1.29 is 0 Å². The lowest BCUT2D eigenvalue weighted by Crippen LogP contribution is -2.22. The van der Waals surface area contributed by atoms with Gasteiger partial charge in [-0.2, -0.15) is 0 Å². The van der Waals surface area contributed by atoms with E-state index < -0.39 is 0 Å². The van der Waals surface area contributed by atoms with Gasteiger partial charge in [0.2, 0.25) is 0 Å².